The molecular formula is C21H26N2O6S2. The molecule has 1 heterocycles. The molecule has 1 N–H and O–H groups in total. The monoisotopic (exact) mass is 466 g/mol. The van der Waals surface area contributed by atoms with Crippen molar-refractivity contribution in [3.05, 3.63) is 54.1 Å². The van der Waals surface area contributed by atoms with Crippen LogP contribution in [0.5, 0.6) is 0 Å². The highest BCUT2D eigenvalue weighted by molar-refractivity contribution is 7.91. The van der Waals surface area contributed by atoms with Gasteiger partial charge in [-0.05, 0) is 55.3 Å². The topological polar surface area (TPSA) is 110 Å². The number of hydrogen-bond acceptors (Lipinski definition) is 6. The number of rotatable bonds is 8. The number of benzene rings is 2. The fourth-order valence-corrected chi connectivity index (χ4v) is 6.05. The third-order valence-corrected chi connectivity index (χ3v) is 8.67. The van der Waals surface area contributed by atoms with E-state index in [4.69, 9.17) is 4.74 Å². The van der Waals surface area contributed by atoms with Gasteiger partial charge in [0.1, 0.15) is 0 Å². The highest BCUT2D eigenvalue weighted by atomic mass is 32.2. The Hall–Kier alpha value is -2.27. The average molecular weight is 467 g/mol. The Kier molecular flexibility index (Phi) is 7.47. The summed E-state index contributed by atoms with van der Waals surface area (Å²) in [5.41, 5.74) is 0.606. The number of nitrogens with one attached hydrogen (secondary N) is 1. The van der Waals surface area contributed by atoms with Crippen LogP contribution in [-0.2, 0) is 24.6 Å². The first-order valence-corrected chi connectivity index (χ1v) is 13.1. The molecule has 2 aromatic carbocycles. The van der Waals surface area contributed by atoms with Crippen molar-refractivity contribution in [1.82, 2.24) is 4.31 Å². The maximum Gasteiger partial charge on any atom is 0.255 e. The lowest BCUT2D eigenvalue weighted by atomic mass is 10.2. The molecule has 1 saturated heterocycles. The van der Waals surface area contributed by atoms with Gasteiger partial charge >= 0.3 is 0 Å². The van der Waals surface area contributed by atoms with Crippen molar-refractivity contribution in [1.29, 1.82) is 0 Å². The van der Waals surface area contributed by atoms with Gasteiger partial charge in [0.15, 0.2) is 9.84 Å². The molecule has 1 aliphatic rings. The molecule has 1 fully saturated rings. The number of piperidine rings is 1. The van der Waals surface area contributed by atoms with E-state index in [0.717, 1.165) is 19.3 Å². The number of carbonyl (C=O) groups is 1. The van der Waals surface area contributed by atoms with Crippen molar-refractivity contribution in [3.63, 3.8) is 0 Å². The zero-order valence-corrected chi connectivity index (χ0v) is 18.9. The molecule has 0 spiro atoms. The van der Waals surface area contributed by atoms with E-state index in [0.29, 0.717) is 18.8 Å². The third-order valence-electron chi connectivity index (χ3n) is 5.08. The molecule has 1 amide bonds. The summed E-state index contributed by atoms with van der Waals surface area (Å²) in [5.74, 6) is -0.610. The van der Waals surface area contributed by atoms with E-state index in [1.807, 2.05) is 0 Å². The van der Waals surface area contributed by atoms with E-state index in [-0.39, 0.29) is 27.7 Å². The van der Waals surface area contributed by atoms with Gasteiger partial charge in [-0.1, -0.05) is 12.5 Å². The molecule has 168 valence electrons. The van der Waals surface area contributed by atoms with Crippen LogP contribution in [0.25, 0.3) is 0 Å². The van der Waals surface area contributed by atoms with Gasteiger partial charge in [0.05, 0.1) is 22.2 Å². The molecule has 0 bridgehead atoms. The van der Waals surface area contributed by atoms with Crippen molar-refractivity contribution >= 4 is 31.5 Å². The third kappa shape index (κ3) is 5.70. The van der Waals surface area contributed by atoms with Crippen molar-refractivity contribution in [2.45, 2.75) is 29.1 Å². The van der Waals surface area contributed by atoms with E-state index in [9.17, 15) is 21.6 Å². The minimum atomic E-state index is -3.61. The summed E-state index contributed by atoms with van der Waals surface area (Å²) < 4.78 is 56.3. The Morgan fingerprint density at radius 1 is 0.968 bits per heavy atom. The highest BCUT2D eigenvalue weighted by Crippen LogP contribution is 2.23. The van der Waals surface area contributed by atoms with E-state index < -0.39 is 25.8 Å². The molecule has 0 atom stereocenters. The van der Waals surface area contributed by atoms with Crippen LogP contribution in [-0.4, -0.2) is 59.6 Å². The van der Waals surface area contributed by atoms with Crippen LogP contribution >= 0.6 is 0 Å². The number of ether oxygens (including phenoxy) is 1. The molecule has 0 aliphatic carbocycles. The number of methoxy groups -OCH3 is 1. The van der Waals surface area contributed by atoms with Gasteiger partial charge in [-0.2, -0.15) is 4.31 Å². The zero-order valence-electron chi connectivity index (χ0n) is 17.3. The van der Waals surface area contributed by atoms with Gasteiger partial charge in [0, 0.05) is 31.5 Å². The number of sulfone groups is 1. The van der Waals surface area contributed by atoms with Crippen LogP contribution in [0.15, 0.2) is 58.3 Å². The first kappa shape index (κ1) is 23.4. The summed E-state index contributed by atoms with van der Waals surface area (Å²) in [6.45, 7) is 1.08. The maximum atomic E-state index is 12.8. The molecule has 31 heavy (non-hydrogen) atoms. The number of anilines is 1. The van der Waals surface area contributed by atoms with Crippen LogP contribution in [0.1, 0.15) is 29.6 Å². The van der Waals surface area contributed by atoms with Crippen molar-refractivity contribution < 1.29 is 26.4 Å². The number of carbonyl (C=O) groups excluding carboxylic acids is 1. The quantitative estimate of drug-likeness (QED) is 0.640. The second-order valence-corrected chi connectivity index (χ2v) is 11.3. The fraction of sp³-hybridized carbons (Fsp3) is 0.381. The summed E-state index contributed by atoms with van der Waals surface area (Å²) in [5, 5.41) is 2.67. The Bertz CT molecular complexity index is 1120. The van der Waals surface area contributed by atoms with Gasteiger partial charge in [-0.25, -0.2) is 16.8 Å². The summed E-state index contributed by atoms with van der Waals surface area (Å²) in [4.78, 5) is 12.8. The second-order valence-electron chi connectivity index (χ2n) is 7.28. The molecule has 8 nitrogen and oxygen atoms in total. The summed E-state index contributed by atoms with van der Waals surface area (Å²) >= 11 is 0. The smallest absolute Gasteiger partial charge is 0.255 e. The van der Waals surface area contributed by atoms with Crippen LogP contribution in [0, 0.1) is 0 Å². The average Bonchev–Trinajstić information content (AvgIpc) is 2.78. The van der Waals surface area contributed by atoms with Gasteiger partial charge < -0.3 is 10.1 Å². The minimum Gasteiger partial charge on any atom is -0.384 e. The minimum absolute atomic E-state index is 0.0846. The van der Waals surface area contributed by atoms with E-state index in [1.165, 1.54) is 47.8 Å². The van der Waals surface area contributed by atoms with E-state index in [1.54, 1.807) is 12.1 Å². The molecule has 10 heteroatoms. The fourth-order valence-electron chi connectivity index (χ4n) is 3.32. The van der Waals surface area contributed by atoms with E-state index in [2.05, 4.69) is 5.32 Å². The standard InChI is InChI=1S/C21H26N2O6S2/c1-29-14-15-30(25,26)19-10-8-17(9-11-19)21(24)22-18-6-5-7-20(16-18)31(27,28)23-12-3-2-4-13-23/h5-11,16H,2-4,12-15H2,1H3,(H,22,24). The molecule has 3 rings (SSSR count). The number of nitrogens with zero attached hydrogens (tertiary/aromatic N) is 1. The van der Waals surface area contributed by atoms with Crippen LogP contribution in [0.3, 0.4) is 0 Å². The first-order valence-electron chi connectivity index (χ1n) is 9.97. The lowest BCUT2D eigenvalue weighted by Crippen LogP contribution is -2.35. The predicted octanol–water partition coefficient (Wildman–Crippen LogP) is 2.53. The lowest BCUT2D eigenvalue weighted by Gasteiger charge is -2.26. The van der Waals surface area contributed by atoms with Gasteiger partial charge in [0.25, 0.3) is 5.91 Å². The van der Waals surface area contributed by atoms with Crippen LogP contribution in [0.4, 0.5) is 5.69 Å². The van der Waals surface area contributed by atoms with Gasteiger partial charge in [-0.15, -0.1) is 0 Å². The Morgan fingerprint density at radius 3 is 2.29 bits per heavy atom. The summed E-state index contributed by atoms with van der Waals surface area (Å²) in [7, 11) is -5.67. The predicted molar refractivity (Wildman–Crippen MR) is 117 cm³/mol. The second kappa shape index (κ2) is 9.90. The summed E-state index contributed by atoms with van der Waals surface area (Å²) in [6, 6.07) is 11.7. The first-order chi connectivity index (χ1) is 14.7. The maximum absolute atomic E-state index is 12.8. The van der Waals surface area contributed by atoms with Gasteiger partial charge in [0.2, 0.25) is 10.0 Å². The molecule has 0 saturated carbocycles. The zero-order chi connectivity index (χ0) is 22.5. The van der Waals surface area contributed by atoms with Crippen molar-refractivity contribution in [2.24, 2.45) is 0 Å². The lowest BCUT2D eigenvalue weighted by molar-refractivity contribution is 0.102. The largest absolute Gasteiger partial charge is 0.384 e. The molecule has 1 aliphatic heterocycles. The summed E-state index contributed by atoms with van der Waals surface area (Å²) in [6.07, 6.45) is 2.70. The normalized spacial score (nSPS) is 15.5. The van der Waals surface area contributed by atoms with Gasteiger partial charge in [-0.3, -0.25) is 4.79 Å². The van der Waals surface area contributed by atoms with Crippen molar-refractivity contribution in [2.75, 3.05) is 37.9 Å². The highest BCUT2D eigenvalue weighted by Gasteiger charge is 2.26. The molecule has 0 aromatic heterocycles. The molecule has 2 aromatic rings. The SMILES string of the molecule is COCCS(=O)(=O)c1ccc(C(=O)Nc2cccc(S(=O)(=O)N3CCCCC3)c2)cc1. The Balaban J connectivity index is 1.73. The number of hydrogen-bond donors (Lipinski definition) is 1. The molecular weight excluding hydrogens is 440 g/mol. The molecule has 0 radical (unpaired) electrons. The Labute approximate surface area is 183 Å². The number of sulfonamides is 1. The molecule has 0 unspecified atom stereocenters. The number of amides is 1. The van der Waals surface area contributed by atoms with E-state index >= 15 is 0 Å². The Morgan fingerprint density at radius 2 is 1.65 bits per heavy atom. The van der Waals surface area contributed by atoms with Crippen LogP contribution in [0.2, 0.25) is 0 Å². The van der Waals surface area contributed by atoms with Crippen molar-refractivity contribution in [3.8, 4) is 0 Å². The van der Waals surface area contributed by atoms with Crippen LogP contribution < -0.4 is 5.32 Å².